The quantitative estimate of drug-likeness (QED) is 0.911. The molecule has 0 atom stereocenters. The molecule has 0 spiro atoms. The van der Waals surface area contributed by atoms with Crippen molar-refractivity contribution in [1.29, 1.82) is 0 Å². The number of halogens is 2. The number of carbonyl (C=O) groups is 1. The Kier molecular flexibility index (Phi) is 4.81. The minimum Gasteiger partial charge on any atom is -0.480 e. The summed E-state index contributed by atoms with van der Waals surface area (Å²) in [4.78, 5) is 12.7. The summed E-state index contributed by atoms with van der Waals surface area (Å²) in [5.41, 5.74) is 1.96. The van der Waals surface area contributed by atoms with E-state index in [0.717, 1.165) is 0 Å². The lowest BCUT2D eigenvalue weighted by molar-refractivity contribution is -0.135. The van der Waals surface area contributed by atoms with Gasteiger partial charge in [-0.15, -0.1) is 0 Å². The molecule has 0 amide bonds. The normalized spacial score (nSPS) is 10.4. The number of nitrogens with zero attached hydrogens (tertiary/aromatic N) is 1. The van der Waals surface area contributed by atoms with Gasteiger partial charge < -0.3 is 10.0 Å². The van der Waals surface area contributed by atoms with Crippen LogP contribution in [0.25, 0.3) is 0 Å². The van der Waals surface area contributed by atoms with Gasteiger partial charge in [-0.2, -0.15) is 0 Å². The first-order valence-corrected chi connectivity index (χ1v) is 6.81. The fraction of sp³-hybridized carbons (Fsp3) is 0.188. The van der Waals surface area contributed by atoms with Crippen LogP contribution in [0.5, 0.6) is 0 Å². The Morgan fingerprint density at radius 3 is 2.67 bits per heavy atom. The van der Waals surface area contributed by atoms with Crippen molar-refractivity contribution in [2.45, 2.75) is 13.5 Å². The number of carboxylic acids is 1. The molecule has 0 bridgehead atoms. The summed E-state index contributed by atoms with van der Waals surface area (Å²) in [5, 5.41) is 9.57. The molecule has 3 nitrogen and oxygen atoms in total. The van der Waals surface area contributed by atoms with Gasteiger partial charge in [-0.1, -0.05) is 29.8 Å². The van der Waals surface area contributed by atoms with Gasteiger partial charge in [0, 0.05) is 17.3 Å². The van der Waals surface area contributed by atoms with Crippen LogP contribution in [-0.4, -0.2) is 17.6 Å². The summed E-state index contributed by atoms with van der Waals surface area (Å²) in [6, 6.07) is 11.8. The fourth-order valence-electron chi connectivity index (χ4n) is 2.03. The van der Waals surface area contributed by atoms with E-state index in [1.54, 1.807) is 48.2 Å². The zero-order valence-electron chi connectivity index (χ0n) is 11.5. The topological polar surface area (TPSA) is 40.5 Å². The smallest absolute Gasteiger partial charge is 0.323 e. The van der Waals surface area contributed by atoms with Crippen molar-refractivity contribution < 1.29 is 14.3 Å². The maximum atomic E-state index is 13.6. The highest BCUT2D eigenvalue weighted by Gasteiger charge is 2.12. The lowest BCUT2D eigenvalue weighted by Gasteiger charge is -2.23. The van der Waals surface area contributed by atoms with Crippen LogP contribution < -0.4 is 4.90 Å². The Balaban J connectivity index is 2.27. The number of hydrogen-bond donors (Lipinski definition) is 1. The van der Waals surface area contributed by atoms with E-state index in [2.05, 4.69) is 0 Å². The van der Waals surface area contributed by atoms with Crippen molar-refractivity contribution in [3.8, 4) is 0 Å². The van der Waals surface area contributed by atoms with Crippen LogP contribution in [0.3, 0.4) is 0 Å². The predicted molar refractivity (Wildman–Crippen MR) is 81.3 cm³/mol. The van der Waals surface area contributed by atoms with E-state index in [-0.39, 0.29) is 12.4 Å². The minimum absolute atomic E-state index is 0.185. The molecule has 0 heterocycles. The molecule has 110 valence electrons. The van der Waals surface area contributed by atoms with E-state index in [1.807, 2.05) is 0 Å². The Morgan fingerprint density at radius 1 is 1.29 bits per heavy atom. The van der Waals surface area contributed by atoms with Crippen molar-refractivity contribution in [1.82, 2.24) is 0 Å². The van der Waals surface area contributed by atoms with Crippen molar-refractivity contribution >= 4 is 23.3 Å². The number of benzene rings is 2. The minimum atomic E-state index is -0.956. The fourth-order valence-corrected chi connectivity index (χ4v) is 2.21. The van der Waals surface area contributed by atoms with Gasteiger partial charge in [0.05, 0.1) is 0 Å². The molecular formula is C16H15ClFNO2. The van der Waals surface area contributed by atoms with Crippen LogP contribution in [0, 0.1) is 12.7 Å². The number of anilines is 1. The zero-order valence-corrected chi connectivity index (χ0v) is 12.3. The molecule has 0 aliphatic rings. The van der Waals surface area contributed by atoms with E-state index in [0.29, 0.717) is 28.4 Å². The molecule has 0 saturated heterocycles. The summed E-state index contributed by atoms with van der Waals surface area (Å²) in [5.74, 6) is -1.25. The highest BCUT2D eigenvalue weighted by atomic mass is 35.5. The lowest BCUT2D eigenvalue weighted by Crippen LogP contribution is -2.29. The van der Waals surface area contributed by atoms with Crippen molar-refractivity contribution in [2.75, 3.05) is 11.4 Å². The molecule has 5 heteroatoms. The van der Waals surface area contributed by atoms with Crippen molar-refractivity contribution in [3.63, 3.8) is 0 Å². The van der Waals surface area contributed by atoms with Gasteiger partial charge in [0.1, 0.15) is 12.4 Å². The first kappa shape index (κ1) is 15.3. The van der Waals surface area contributed by atoms with Crippen LogP contribution in [-0.2, 0) is 11.3 Å². The Morgan fingerprint density at radius 2 is 2.05 bits per heavy atom. The van der Waals surface area contributed by atoms with Gasteiger partial charge >= 0.3 is 5.97 Å². The molecule has 0 saturated carbocycles. The van der Waals surface area contributed by atoms with E-state index in [1.165, 1.54) is 6.07 Å². The Hall–Kier alpha value is -2.07. The van der Waals surface area contributed by atoms with Crippen molar-refractivity contribution in [3.05, 3.63) is 64.4 Å². The molecule has 0 radical (unpaired) electrons. The molecule has 0 aromatic heterocycles. The molecule has 2 aromatic carbocycles. The number of carboxylic acid groups (broad SMARTS) is 1. The van der Waals surface area contributed by atoms with Gasteiger partial charge in [-0.25, -0.2) is 4.39 Å². The second-order valence-corrected chi connectivity index (χ2v) is 5.25. The standard InChI is InChI=1S/C16H15ClFNO2/c1-11-5-6-12(7-15(11)18)9-19(10-16(20)21)14-4-2-3-13(17)8-14/h2-8H,9-10H2,1H3,(H,20,21). The maximum absolute atomic E-state index is 13.6. The van der Waals surface area contributed by atoms with Gasteiger partial charge in [0.2, 0.25) is 0 Å². The predicted octanol–water partition coefficient (Wildman–Crippen LogP) is 3.88. The molecule has 0 aliphatic heterocycles. The van der Waals surface area contributed by atoms with Crippen LogP contribution >= 0.6 is 11.6 Å². The summed E-state index contributed by atoms with van der Waals surface area (Å²) < 4.78 is 13.6. The average molecular weight is 308 g/mol. The van der Waals surface area contributed by atoms with Crippen molar-refractivity contribution in [2.24, 2.45) is 0 Å². The highest BCUT2D eigenvalue weighted by molar-refractivity contribution is 6.30. The molecule has 0 unspecified atom stereocenters. The zero-order chi connectivity index (χ0) is 15.4. The summed E-state index contributed by atoms with van der Waals surface area (Å²) in [7, 11) is 0. The van der Waals surface area contributed by atoms with E-state index >= 15 is 0 Å². The van der Waals surface area contributed by atoms with Crippen LogP contribution in [0.4, 0.5) is 10.1 Å². The lowest BCUT2D eigenvalue weighted by atomic mass is 10.1. The summed E-state index contributed by atoms with van der Waals surface area (Å²) in [6.07, 6.45) is 0. The molecule has 2 aromatic rings. The van der Waals surface area contributed by atoms with Gasteiger partial charge in [0.25, 0.3) is 0 Å². The number of rotatable bonds is 5. The van der Waals surface area contributed by atoms with Crippen LogP contribution in [0.2, 0.25) is 5.02 Å². The second-order valence-electron chi connectivity index (χ2n) is 4.81. The van der Waals surface area contributed by atoms with Crippen LogP contribution in [0.1, 0.15) is 11.1 Å². The SMILES string of the molecule is Cc1ccc(CN(CC(=O)O)c2cccc(Cl)c2)cc1F. The first-order chi connectivity index (χ1) is 9.95. The molecule has 2 rings (SSSR count). The second kappa shape index (κ2) is 6.59. The summed E-state index contributed by atoms with van der Waals surface area (Å²) in [6.45, 7) is 1.80. The molecule has 0 aliphatic carbocycles. The third kappa shape index (κ3) is 4.20. The molecule has 21 heavy (non-hydrogen) atoms. The number of aryl methyl sites for hydroxylation is 1. The van der Waals surface area contributed by atoms with E-state index in [4.69, 9.17) is 16.7 Å². The largest absolute Gasteiger partial charge is 0.480 e. The number of hydrogen-bond acceptors (Lipinski definition) is 2. The number of aliphatic carboxylic acids is 1. The molecular weight excluding hydrogens is 293 g/mol. The Labute approximate surface area is 127 Å². The average Bonchev–Trinajstić information content (AvgIpc) is 2.42. The van der Waals surface area contributed by atoms with Gasteiger partial charge in [0.15, 0.2) is 0 Å². The van der Waals surface area contributed by atoms with Gasteiger partial charge in [-0.3, -0.25) is 4.79 Å². The first-order valence-electron chi connectivity index (χ1n) is 6.43. The van der Waals surface area contributed by atoms with Gasteiger partial charge in [-0.05, 0) is 42.3 Å². The van der Waals surface area contributed by atoms with E-state index < -0.39 is 5.97 Å². The Bertz CT molecular complexity index is 660. The maximum Gasteiger partial charge on any atom is 0.323 e. The van der Waals surface area contributed by atoms with Crippen LogP contribution in [0.15, 0.2) is 42.5 Å². The summed E-state index contributed by atoms with van der Waals surface area (Å²) >= 11 is 5.94. The molecule has 0 fully saturated rings. The third-order valence-corrected chi connectivity index (χ3v) is 3.34. The third-order valence-electron chi connectivity index (χ3n) is 3.11. The van der Waals surface area contributed by atoms with E-state index in [9.17, 15) is 9.18 Å². The monoisotopic (exact) mass is 307 g/mol. The highest BCUT2D eigenvalue weighted by Crippen LogP contribution is 2.22. The molecule has 1 N–H and O–H groups in total.